The Morgan fingerprint density at radius 2 is 1.74 bits per heavy atom. The van der Waals surface area contributed by atoms with Gasteiger partial charge in [0.1, 0.15) is 5.75 Å². The van der Waals surface area contributed by atoms with Crippen molar-refractivity contribution >= 4 is 0 Å². The highest BCUT2D eigenvalue weighted by Gasteiger charge is 2.49. The first-order chi connectivity index (χ1) is 9.11. The van der Waals surface area contributed by atoms with Gasteiger partial charge < -0.3 is 9.84 Å². The molecule has 19 heavy (non-hydrogen) atoms. The second-order valence-electron chi connectivity index (χ2n) is 6.39. The summed E-state index contributed by atoms with van der Waals surface area (Å²) in [7, 11) is 1.77. The van der Waals surface area contributed by atoms with Crippen molar-refractivity contribution in [3.05, 3.63) is 29.3 Å². The lowest BCUT2D eigenvalue weighted by Gasteiger charge is -2.51. The fourth-order valence-corrected chi connectivity index (χ4v) is 3.96. The number of hydrogen-bond donors (Lipinski definition) is 1. The molecule has 0 atom stereocenters. The van der Waals surface area contributed by atoms with Gasteiger partial charge in [-0.15, -0.1) is 0 Å². The molecule has 0 aromatic heterocycles. The van der Waals surface area contributed by atoms with Crippen LogP contribution >= 0.6 is 0 Å². The second kappa shape index (κ2) is 4.52. The van der Waals surface area contributed by atoms with Crippen molar-refractivity contribution < 1.29 is 9.84 Å². The van der Waals surface area contributed by atoms with E-state index in [4.69, 9.17) is 4.74 Å². The van der Waals surface area contributed by atoms with Crippen LogP contribution in [0.3, 0.4) is 0 Å². The van der Waals surface area contributed by atoms with Gasteiger partial charge in [-0.25, -0.2) is 0 Å². The van der Waals surface area contributed by atoms with E-state index in [1.54, 1.807) is 7.11 Å². The van der Waals surface area contributed by atoms with Crippen LogP contribution in [0, 0.1) is 0 Å². The van der Waals surface area contributed by atoms with Gasteiger partial charge in [0.05, 0.1) is 12.7 Å². The fraction of sp³-hybridized carbons (Fsp3) is 0.647. The molecule has 2 bridgehead atoms. The van der Waals surface area contributed by atoms with Crippen molar-refractivity contribution in [2.24, 2.45) is 0 Å². The maximum atomic E-state index is 10.4. The van der Waals surface area contributed by atoms with E-state index < -0.39 is 0 Å². The van der Waals surface area contributed by atoms with Crippen LogP contribution in [-0.2, 0) is 11.8 Å². The SMILES string of the molecule is CCc1ccc(OC)c(C23CCC(O)(CC2)CC3)c1. The standard InChI is InChI=1S/C17H24O2/c1-3-13-4-5-15(19-2)14(12-13)16-6-9-17(18,10-7-16)11-8-16/h4-5,12,18H,3,6-11H2,1-2H3. The maximum absolute atomic E-state index is 10.4. The van der Waals surface area contributed by atoms with Crippen molar-refractivity contribution in [3.8, 4) is 5.75 Å². The highest BCUT2D eigenvalue weighted by Crippen LogP contribution is 2.55. The second-order valence-corrected chi connectivity index (χ2v) is 6.39. The average Bonchev–Trinajstić information content (AvgIpc) is 2.48. The third kappa shape index (κ3) is 2.06. The van der Waals surface area contributed by atoms with Gasteiger partial charge >= 0.3 is 0 Å². The fourth-order valence-electron chi connectivity index (χ4n) is 3.96. The normalized spacial score (nSPS) is 33.4. The van der Waals surface area contributed by atoms with Crippen LogP contribution in [0.2, 0.25) is 0 Å². The zero-order valence-electron chi connectivity index (χ0n) is 12.0. The van der Waals surface area contributed by atoms with Gasteiger partial charge in [0.15, 0.2) is 0 Å². The van der Waals surface area contributed by atoms with Crippen LogP contribution in [0.5, 0.6) is 5.75 Å². The maximum Gasteiger partial charge on any atom is 0.122 e. The van der Waals surface area contributed by atoms with Gasteiger partial charge in [-0.1, -0.05) is 19.1 Å². The van der Waals surface area contributed by atoms with Gasteiger partial charge in [0.2, 0.25) is 0 Å². The van der Waals surface area contributed by atoms with Gasteiger partial charge in [0, 0.05) is 5.56 Å². The van der Waals surface area contributed by atoms with Crippen LogP contribution in [-0.4, -0.2) is 17.8 Å². The van der Waals surface area contributed by atoms with Crippen molar-refractivity contribution in [1.29, 1.82) is 0 Å². The van der Waals surface area contributed by atoms with Gasteiger partial charge in [0.25, 0.3) is 0 Å². The lowest BCUT2D eigenvalue weighted by Crippen LogP contribution is -2.48. The zero-order chi connectivity index (χ0) is 13.5. The van der Waals surface area contributed by atoms with Crippen LogP contribution in [0.15, 0.2) is 18.2 Å². The summed E-state index contributed by atoms with van der Waals surface area (Å²) in [5.74, 6) is 1.03. The number of ether oxygens (including phenoxy) is 1. The molecular weight excluding hydrogens is 236 g/mol. The molecule has 1 aromatic carbocycles. The number of methoxy groups -OCH3 is 1. The molecule has 0 radical (unpaired) electrons. The molecule has 0 amide bonds. The Bertz CT molecular complexity index is 454. The summed E-state index contributed by atoms with van der Waals surface area (Å²) in [6.07, 6.45) is 7.23. The number of rotatable bonds is 3. The summed E-state index contributed by atoms with van der Waals surface area (Å²) in [5.41, 5.74) is 2.66. The molecule has 104 valence electrons. The molecule has 0 aliphatic heterocycles. The largest absolute Gasteiger partial charge is 0.496 e. The molecule has 1 N–H and O–H groups in total. The first-order valence-corrected chi connectivity index (χ1v) is 7.51. The average molecular weight is 260 g/mol. The Kier molecular flexibility index (Phi) is 3.09. The number of fused-ring (bicyclic) bond motifs is 3. The van der Waals surface area contributed by atoms with Crippen LogP contribution in [0.25, 0.3) is 0 Å². The summed E-state index contributed by atoms with van der Waals surface area (Å²) in [6.45, 7) is 2.20. The van der Waals surface area contributed by atoms with Crippen LogP contribution in [0.1, 0.15) is 56.6 Å². The minimum atomic E-state index is -0.364. The van der Waals surface area contributed by atoms with Crippen LogP contribution < -0.4 is 4.74 Å². The van der Waals surface area contributed by atoms with E-state index >= 15 is 0 Å². The van der Waals surface area contributed by atoms with E-state index in [1.807, 2.05) is 0 Å². The highest BCUT2D eigenvalue weighted by molar-refractivity contribution is 5.44. The number of aliphatic hydroxyl groups is 1. The predicted octanol–water partition coefficient (Wildman–Crippen LogP) is 3.59. The Hall–Kier alpha value is -1.02. The quantitative estimate of drug-likeness (QED) is 0.900. The molecule has 0 spiro atoms. The lowest BCUT2D eigenvalue weighted by molar-refractivity contribution is -0.0664. The van der Waals surface area contributed by atoms with E-state index in [-0.39, 0.29) is 11.0 Å². The molecule has 3 aliphatic rings. The molecular formula is C17H24O2. The third-order valence-corrected chi connectivity index (χ3v) is 5.45. The van der Waals surface area contributed by atoms with Crippen molar-refractivity contribution in [2.75, 3.05) is 7.11 Å². The smallest absolute Gasteiger partial charge is 0.122 e. The highest BCUT2D eigenvalue weighted by atomic mass is 16.5. The van der Waals surface area contributed by atoms with E-state index in [9.17, 15) is 5.11 Å². The molecule has 2 nitrogen and oxygen atoms in total. The molecule has 1 aromatic rings. The van der Waals surface area contributed by atoms with E-state index in [0.29, 0.717) is 0 Å². The lowest BCUT2D eigenvalue weighted by atomic mass is 9.56. The molecule has 3 saturated carbocycles. The monoisotopic (exact) mass is 260 g/mol. The van der Waals surface area contributed by atoms with Crippen LogP contribution in [0.4, 0.5) is 0 Å². The molecule has 3 fully saturated rings. The minimum Gasteiger partial charge on any atom is -0.496 e. The summed E-state index contributed by atoms with van der Waals surface area (Å²) < 4.78 is 5.60. The first-order valence-electron chi connectivity index (χ1n) is 7.51. The summed E-state index contributed by atoms with van der Waals surface area (Å²) in [4.78, 5) is 0. The van der Waals surface area contributed by atoms with E-state index in [1.165, 1.54) is 11.1 Å². The predicted molar refractivity (Wildman–Crippen MR) is 76.7 cm³/mol. The molecule has 2 heteroatoms. The number of benzene rings is 1. The Morgan fingerprint density at radius 1 is 1.11 bits per heavy atom. The molecule has 3 aliphatic carbocycles. The summed E-state index contributed by atoms with van der Waals surface area (Å²) in [6, 6.07) is 6.63. The zero-order valence-corrected chi connectivity index (χ0v) is 12.0. The van der Waals surface area contributed by atoms with Crippen molar-refractivity contribution in [2.45, 2.75) is 62.9 Å². The molecule has 0 unspecified atom stereocenters. The minimum absolute atomic E-state index is 0.251. The van der Waals surface area contributed by atoms with Gasteiger partial charge in [-0.05, 0) is 62.0 Å². The third-order valence-electron chi connectivity index (χ3n) is 5.45. The number of aryl methyl sites for hydroxylation is 1. The summed E-state index contributed by atoms with van der Waals surface area (Å²) in [5, 5.41) is 10.4. The Morgan fingerprint density at radius 3 is 2.26 bits per heavy atom. The van der Waals surface area contributed by atoms with E-state index in [2.05, 4.69) is 25.1 Å². The van der Waals surface area contributed by atoms with E-state index in [0.717, 1.165) is 50.7 Å². The Balaban J connectivity index is 2.01. The topological polar surface area (TPSA) is 29.5 Å². The number of hydrogen-bond acceptors (Lipinski definition) is 2. The van der Waals surface area contributed by atoms with Crippen molar-refractivity contribution in [3.63, 3.8) is 0 Å². The molecule has 4 rings (SSSR count). The first kappa shape index (κ1) is 13.0. The van der Waals surface area contributed by atoms with Crippen molar-refractivity contribution in [1.82, 2.24) is 0 Å². The molecule has 0 heterocycles. The van der Waals surface area contributed by atoms with Gasteiger partial charge in [-0.2, -0.15) is 0 Å². The molecule has 0 saturated heterocycles. The van der Waals surface area contributed by atoms with Gasteiger partial charge in [-0.3, -0.25) is 0 Å². The Labute approximate surface area is 115 Å². The summed E-state index contributed by atoms with van der Waals surface area (Å²) >= 11 is 0.